The zero-order valence-electron chi connectivity index (χ0n) is 10.7. The Balaban J connectivity index is 2.10. The van der Waals surface area contributed by atoms with E-state index in [1.807, 2.05) is 42.5 Å². The van der Waals surface area contributed by atoms with Crippen molar-refractivity contribution in [3.63, 3.8) is 0 Å². The van der Waals surface area contributed by atoms with E-state index in [0.29, 0.717) is 0 Å². The lowest BCUT2D eigenvalue weighted by Gasteiger charge is -2.04. The summed E-state index contributed by atoms with van der Waals surface area (Å²) in [6.45, 7) is 0.219. The molecule has 19 heavy (non-hydrogen) atoms. The van der Waals surface area contributed by atoms with E-state index >= 15 is 0 Å². The SMILES string of the molecule is COCOc1cccc(/C=C/c2cccc(F)c2)c1. The number of halogens is 1. The van der Waals surface area contributed by atoms with E-state index in [0.717, 1.165) is 16.9 Å². The number of ether oxygens (including phenoxy) is 2. The molecule has 0 atom stereocenters. The number of methoxy groups -OCH3 is 1. The maximum absolute atomic E-state index is 13.0. The van der Waals surface area contributed by atoms with E-state index in [1.54, 1.807) is 13.2 Å². The van der Waals surface area contributed by atoms with Crippen molar-refractivity contribution in [3.05, 3.63) is 65.5 Å². The summed E-state index contributed by atoms with van der Waals surface area (Å²) in [4.78, 5) is 0. The number of hydrogen-bond donors (Lipinski definition) is 0. The molecule has 0 fully saturated rings. The zero-order chi connectivity index (χ0) is 13.5. The average Bonchev–Trinajstić information content (AvgIpc) is 2.43. The summed E-state index contributed by atoms with van der Waals surface area (Å²) < 4.78 is 23.2. The molecule has 0 heterocycles. The first-order chi connectivity index (χ1) is 9.28. The van der Waals surface area contributed by atoms with Gasteiger partial charge < -0.3 is 9.47 Å². The summed E-state index contributed by atoms with van der Waals surface area (Å²) in [6, 6.07) is 14.1. The molecule has 0 saturated heterocycles. The summed E-state index contributed by atoms with van der Waals surface area (Å²) in [5.41, 5.74) is 1.81. The Morgan fingerprint density at radius 1 is 1.00 bits per heavy atom. The van der Waals surface area contributed by atoms with Gasteiger partial charge in [0.2, 0.25) is 0 Å². The van der Waals surface area contributed by atoms with Crippen molar-refractivity contribution < 1.29 is 13.9 Å². The molecule has 0 aliphatic rings. The number of rotatable bonds is 5. The molecule has 0 bridgehead atoms. The van der Waals surface area contributed by atoms with Crippen molar-refractivity contribution >= 4 is 12.2 Å². The quantitative estimate of drug-likeness (QED) is 0.596. The Morgan fingerprint density at radius 3 is 2.37 bits per heavy atom. The summed E-state index contributed by atoms with van der Waals surface area (Å²) >= 11 is 0. The third-order valence-electron chi connectivity index (χ3n) is 2.52. The van der Waals surface area contributed by atoms with Gasteiger partial charge in [0.05, 0.1) is 0 Å². The van der Waals surface area contributed by atoms with E-state index in [2.05, 4.69) is 0 Å². The van der Waals surface area contributed by atoms with Crippen LogP contribution in [0.4, 0.5) is 4.39 Å². The molecular formula is C16H15FO2. The zero-order valence-corrected chi connectivity index (χ0v) is 10.7. The fourth-order valence-electron chi connectivity index (χ4n) is 1.64. The minimum Gasteiger partial charge on any atom is -0.468 e. The maximum Gasteiger partial charge on any atom is 0.188 e. The fraction of sp³-hybridized carbons (Fsp3) is 0.125. The van der Waals surface area contributed by atoms with Gasteiger partial charge in [0.25, 0.3) is 0 Å². The molecule has 0 aromatic heterocycles. The summed E-state index contributed by atoms with van der Waals surface area (Å²) in [5.74, 6) is 0.502. The van der Waals surface area contributed by atoms with Crippen LogP contribution >= 0.6 is 0 Å². The third kappa shape index (κ3) is 4.23. The van der Waals surface area contributed by atoms with Crippen molar-refractivity contribution in [3.8, 4) is 5.75 Å². The Labute approximate surface area is 112 Å². The molecule has 3 heteroatoms. The molecule has 2 nitrogen and oxygen atoms in total. The molecule has 2 aromatic rings. The van der Waals surface area contributed by atoms with Crippen molar-refractivity contribution in [1.82, 2.24) is 0 Å². The van der Waals surface area contributed by atoms with Crippen LogP contribution in [0.1, 0.15) is 11.1 Å². The number of hydrogen-bond acceptors (Lipinski definition) is 2. The van der Waals surface area contributed by atoms with Crippen LogP contribution in [0, 0.1) is 5.82 Å². The predicted octanol–water partition coefficient (Wildman–Crippen LogP) is 3.98. The fourth-order valence-corrected chi connectivity index (χ4v) is 1.64. The van der Waals surface area contributed by atoms with E-state index in [1.165, 1.54) is 12.1 Å². The van der Waals surface area contributed by atoms with Crippen LogP contribution in [0.15, 0.2) is 48.5 Å². The van der Waals surface area contributed by atoms with Gasteiger partial charge in [-0.2, -0.15) is 0 Å². The van der Waals surface area contributed by atoms with Gasteiger partial charge in [-0.05, 0) is 35.4 Å². The van der Waals surface area contributed by atoms with E-state index in [-0.39, 0.29) is 12.6 Å². The molecule has 0 aliphatic carbocycles. The molecule has 0 spiro atoms. The lowest BCUT2D eigenvalue weighted by atomic mass is 10.1. The smallest absolute Gasteiger partial charge is 0.188 e. The molecule has 0 radical (unpaired) electrons. The van der Waals surface area contributed by atoms with Gasteiger partial charge >= 0.3 is 0 Å². The van der Waals surface area contributed by atoms with Gasteiger partial charge in [-0.25, -0.2) is 4.39 Å². The third-order valence-corrected chi connectivity index (χ3v) is 2.52. The van der Waals surface area contributed by atoms with Crippen LogP contribution in [0.2, 0.25) is 0 Å². The first-order valence-electron chi connectivity index (χ1n) is 5.93. The normalized spacial score (nSPS) is 10.8. The summed E-state index contributed by atoms with van der Waals surface area (Å²) in [7, 11) is 1.58. The van der Waals surface area contributed by atoms with Crippen molar-refractivity contribution in [2.75, 3.05) is 13.9 Å². The Hall–Kier alpha value is -2.13. The molecule has 2 aromatic carbocycles. The van der Waals surface area contributed by atoms with Crippen LogP contribution in [0.3, 0.4) is 0 Å². The van der Waals surface area contributed by atoms with Gasteiger partial charge in [0.15, 0.2) is 6.79 Å². The van der Waals surface area contributed by atoms with Crippen LogP contribution in [0.25, 0.3) is 12.2 Å². The molecule has 0 unspecified atom stereocenters. The first-order valence-corrected chi connectivity index (χ1v) is 5.93. The molecule has 0 saturated carbocycles. The summed E-state index contributed by atoms with van der Waals surface area (Å²) in [5, 5.41) is 0. The molecule has 0 amide bonds. The van der Waals surface area contributed by atoms with Gasteiger partial charge in [-0.15, -0.1) is 0 Å². The topological polar surface area (TPSA) is 18.5 Å². The Bertz CT molecular complexity index is 564. The summed E-state index contributed by atoms with van der Waals surface area (Å²) in [6.07, 6.45) is 3.77. The Kier molecular flexibility index (Phi) is 4.70. The van der Waals surface area contributed by atoms with Gasteiger partial charge in [0, 0.05) is 7.11 Å². The van der Waals surface area contributed by atoms with E-state index in [9.17, 15) is 4.39 Å². The number of benzene rings is 2. The average molecular weight is 258 g/mol. The monoisotopic (exact) mass is 258 g/mol. The van der Waals surface area contributed by atoms with E-state index in [4.69, 9.17) is 9.47 Å². The van der Waals surface area contributed by atoms with Crippen molar-refractivity contribution in [2.24, 2.45) is 0 Å². The van der Waals surface area contributed by atoms with Crippen LogP contribution < -0.4 is 4.74 Å². The van der Waals surface area contributed by atoms with Crippen LogP contribution in [0.5, 0.6) is 5.75 Å². The Morgan fingerprint density at radius 2 is 1.68 bits per heavy atom. The second-order valence-corrected chi connectivity index (χ2v) is 4.01. The molecule has 0 N–H and O–H groups in total. The van der Waals surface area contributed by atoms with E-state index < -0.39 is 0 Å². The van der Waals surface area contributed by atoms with Crippen molar-refractivity contribution in [2.45, 2.75) is 0 Å². The molecule has 98 valence electrons. The van der Waals surface area contributed by atoms with Gasteiger partial charge in [-0.3, -0.25) is 0 Å². The van der Waals surface area contributed by atoms with Crippen LogP contribution in [-0.4, -0.2) is 13.9 Å². The molecule has 0 aliphatic heterocycles. The lowest BCUT2D eigenvalue weighted by Crippen LogP contribution is -1.98. The predicted molar refractivity (Wildman–Crippen MR) is 74.3 cm³/mol. The first kappa shape index (κ1) is 13.3. The standard InChI is InChI=1S/C16H15FO2/c1-18-12-19-16-7-3-5-14(11-16)9-8-13-4-2-6-15(17)10-13/h2-11H,12H2,1H3/b9-8+. The highest BCUT2D eigenvalue weighted by molar-refractivity contribution is 5.70. The molecule has 2 rings (SSSR count). The largest absolute Gasteiger partial charge is 0.468 e. The van der Waals surface area contributed by atoms with Gasteiger partial charge in [-0.1, -0.05) is 36.4 Å². The maximum atomic E-state index is 13.0. The minimum absolute atomic E-state index is 0.219. The lowest BCUT2D eigenvalue weighted by molar-refractivity contribution is 0.0511. The highest BCUT2D eigenvalue weighted by atomic mass is 19.1. The highest BCUT2D eigenvalue weighted by Gasteiger charge is 1.95. The minimum atomic E-state index is -0.237. The highest BCUT2D eigenvalue weighted by Crippen LogP contribution is 2.16. The second kappa shape index (κ2) is 6.71. The van der Waals surface area contributed by atoms with Gasteiger partial charge in [0.1, 0.15) is 11.6 Å². The van der Waals surface area contributed by atoms with Crippen LogP contribution in [-0.2, 0) is 4.74 Å². The molecular weight excluding hydrogens is 243 g/mol. The second-order valence-electron chi connectivity index (χ2n) is 4.01. The van der Waals surface area contributed by atoms with Crippen molar-refractivity contribution in [1.29, 1.82) is 0 Å².